The van der Waals surface area contributed by atoms with Crippen molar-refractivity contribution in [3.63, 3.8) is 0 Å². The van der Waals surface area contributed by atoms with Crippen LogP contribution in [0.4, 0.5) is 5.95 Å². The molecule has 0 aliphatic rings. The predicted octanol–water partition coefficient (Wildman–Crippen LogP) is 0.324. The van der Waals surface area contributed by atoms with Crippen molar-refractivity contribution in [1.82, 2.24) is 15.0 Å². The highest BCUT2D eigenvalue weighted by molar-refractivity contribution is 5.27. The average Bonchev–Trinajstić information content (AvgIpc) is 2.26. The molecule has 1 aromatic heterocycles. The standard InChI is InChI=1S/C9H12N4O2/c1-4-6-15-9-12-7(10-5-2)11-8(13-9)14-3/h1H,5-6H2,2-3H3,(H,10,11,12,13). The first-order valence-electron chi connectivity index (χ1n) is 4.40. The van der Waals surface area contributed by atoms with Crippen molar-refractivity contribution < 1.29 is 9.47 Å². The molecule has 0 unspecified atom stereocenters. The van der Waals surface area contributed by atoms with E-state index in [1.54, 1.807) is 0 Å². The van der Waals surface area contributed by atoms with Gasteiger partial charge in [0.05, 0.1) is 7.11 Å². The van der Waals surface area contributed by atoms with Gasteiger partial charge in [0.15, 0.2) is 6.61 Å². The lowest BCUT2D eigenvalue weighted by molar-refractivity contribution is 0.318. The topological polar surface area (TPSA) is 69.2 Å². The lowest BCUT2D eigenvalue weighted by atomic mass is 10.7. The molecule has 0 aliphatic heterocycles. The normalized spacial score (nSPS) is 9.13. The van der Waals surface area contributed by atoms with Crippen LogP contribution in [0.15, 0.2) is 0 Å². The van der Waals surface area contributed by atoms with Crippen molar-refractivity contribution in [2.24, 2.45) is 0 Å². The maximum Gasteiger partial charge on any atom is 0.325 e. The van der Waals surface area contributed by atoms with Crippen molar-refractivity contribution in [1.29, 1.82) is 0 Å². The van der Waals surface area contributed by atoms with E-state index < -0.39 is 0 Å². The van der Waals surface area contributed by atoms with Gasteiger partial charge in [-0.05, 0) is 6.92 Å². The molecule has 0 radical (unpaired) electrons. The Morgan fingerprint density at radius 3 is 2.67 bits per heavy atom. The lowest BCUT2D eigenvalue weighted by Crippen LogP contribution is -2.07. The number of hydrogen-bond donors (Lipinski definition) is 1. The van der Waals surface area contributed by atoms with Crippen LogP contribution in [0.5, 0.6) is 12.0 Å². The molecule has 0 spiro atoms. The Balaban J connectivity index is 2.85. The third-order valence-electron chi connectivity index (χ3n) is 1.40. The van der Waals surface area contributed by atoms with Crippen LogP contribution < -0.4 is 14.8 Å². The summed E-state index contributed by atoms with van der Waals surface area (Å²) in [6.45, 7) is 2.73. The maximum absolute atomic E-state index is 5.07. The molecule has 6 nitrogen and oxygen atoms in total. The molecule has 1 rings (SSSR count). The van der Waals surface area contributed by atoms with Crippen LogP contribution in [0.3, 0.4) is 0 Å². The van der Waals surface area contributed by atoms with Crippen LogP contribution in [0.1, 0.15) is 6.92 Å². The minimum absolute atomic E-state index is 0.110. The van der Waals surface area contributed by atoms with E-state index >= 15 is 0 Å². The first-order chi connectivity index (χ1) is 7.30. The maximum atomic E-state index is 5.07. The highest BCUT2D eigenvalue weighted by Gasteiger charge is 2.06. The predicted molar refractivity (Wildman–Crippen MR) is 54.9 cm³/mol. The second kappa shape index (κ2) is 5.65. The van der Waals surface area contributed by atoms with E-state index in [2.05, 4.69) is 26.2 Å². The van der Waals surface area contributed by atoms with Crippen LogP contribution in [-0.4, -0.2) is 35.2 Å². The Morgan fingerprint density at radius 2 is 2.07 bits per heavy atom. The first kappa shape index (κ1) is 11.0. The van der Waals surface area contributed by atoms with Gasteiger partial charge >= 0.3 is 12.0 Å². The van der Waals surface area contributed by atoms with Gasteiger partial charge < -0.3 is 14.8 Å². The van der Waals surface area contributed by atoms with Crippen molar-refractivity contribution in [3.8, 4) is 24.4 Å². The molecular weight excluding hydrogens is 196 g/mol. The Hall–Kier alpha value is -2.03. The number of terminal acetylenes is 1. The SMILES string of the molecule is C#CCOc1nc(NCC)nc(OC)n1. The minimum atomic E-state index is 0.110. The van der Waals surface area contributed by atoms with Crippen molar-refractivity contribution in [3.05, 3.63) is 0 Å². The minimum Gasteiger partial charge on any atom is -0.467 e. The summed E-state index contributed by atoms with van der Waals surface area (Å²) in [7, 11) is 1.47. The van der Waals surface area contributed by atoms with Gasteiger partial charge in [0.25, 0.3) is 0 Å². The van der Waals surface area contributed by atoms with Crippen molar-refractivity contribution in [2.75, 3.05) is 25.6 Å². The Labute approximate surface area is 88.1 Å². The Kier molecular flexibility index (Phi) is 4.16. The van der Waals surface area contributed by atoms with Gasteiger partial charge in [-0.25, -0.2) is 0 Å². The monoisotopic (exact) mass is 208 g/mol. The summed E-state index contributed by atoms with van der Waals surface area (Å²) in [5.74, 6) is 2.72. The molecule has 0 saturated heterocycles. The molecule has 0 aliphatic carbocycles. The molecular formula is C9H12N4O2. The number of hydrogen-bond acceptors (Lipinski definition) is 6. The quantitative estimate of drug-likeness (QED) is 0.703. The summed E-state index contributed by atoms with van der Waals surface area (Å²) in [5, 5.41) is 2.93. The van der Waals surface area contributed by atoms with E-state index in [4.69, 9.17) is 15.9 Å². The van der Waals surface area contributed by atoms with Gasteiger partial charge in [-0.1, -0.05) is 5.92 Å². The van der Waals surface area contributed by atoms with E-state index in [1.165, 1.54) is 7.11 Å². The third kappa shape index (κ3) is 3.31. The number of nitrogens with one attached hydrogen (secondary N) is 1. The van der Waals surface area contributed by atoms with E-state index in [1.807, 2.05) is 6.92 Å². The fourth-order valence-corrected chi connectivity index (χ4v) is 0.837. The third-order valence-corrected chi connectivity index (χ3v) is 1.40. The molecule has 0 amide bonds. The Morgan fingerprint density at radius 1 is 1.33 bits per heavy atom. The fraction of sp³-hybridized carbons (Fsp3) is 0.444. The average molecular weight is 208 g/mol. The number of aromatic nitrogens is 3. The van der Waals surface area contributed by atoms with Crippen LogP contribution >= 0.6 is 0 Å². The molecule has 0 saturated carbocycles. The number of anilines is 1. The van der Waals surface area contributed by atoms with E-state index in [0.717, 1.165) is 0 Å². The fourth-order valence-electron chi connectivity index (χ4n) is 0.837. The molecule has 15 heavy (non-hydrogen) atoms. The van der Waals surface area contributed by atoms with Gasteiger partial charge in [-0.15, -0.1) is 11.4 Å². The van der Waals surface area contributed by atoms with Gasteiger partial charge in [0.2, 0.25) is 5.95 Å². The number of methoxy groups -OCH3 is 1. The zero-order chi connectivity index (χ0) is 11.1. The summed E-state index contributed by atoms with van der Waals surface area (Å²) in [6, 6.07) is 0.337. The van der Waals surface area contributed by atoms with E-state index in [-0.39, 0.29) is 18.6 Å². The van der Waals surface area contributed by atoms with Gasteiger partial charge in [0, 0.05) is 6.54 Å². The largest absolute Gasteiger partial charge is 0.467 e. The second-order valence-electron chi connectivity index (χ2n) is 2.45. The molecule has 0 fully saturated rings. The molecule has 1 N–H and O–H groups in total. The number of nitrogens with zero attached hydrogens (tertiary/aromatic N) is 3. The molecule has 80 valence electrons. The summed E-state index contributed by atoms with van der Waals surface area (Å²) in [4.78, 5) is 11.8. The van der Waals surface area contributed by atoms with Gasteiger partial charge in [-0.2, -0.15) is 9.97 Å². The molecule has 0 bridgehead atoms. The number of rotatable bonds is 5. The van der Waals surface area contributed by atoms with Crippen molar-refractivity contribution >= 4 is 5.95 Å². The molecule has 6 heteroatoms. The molecule has 0 aromatic carbocycles. The van der Waals surface area contributed by atoms with Crippen LogP contribution in [0, 0.1) is 12.3 Å². The van der Waals surface area contributed by atoms with E-state index in [9.17, 15) is 0 Å². The highest BCUT2D eigenvalue weighted by Crippen LogP contribution is 2.11. The molecule has 0 atom stereocenters. The van der Waals surface area contributed by atoms with Gasteiger partial charge in [-0.3, -0.25) is 0 Å². The van der Waals surface area contributed by atoms with Gasteiger partial charge in [0.1, 0.15) is 0 Å². The Bertz CT molecular complexity index is 362. The zero-order valence-corrected chi connectivity index (χ0v) is 8.65. The summed E-state index contributed by atoms with van der Waals surface area (Å²) in [5.41, 5.74) is 0. The summed E-state index contributed by atoms with van der Waals surface area (Å²) in [6.07, 6.45) is 5.05. The molecule has 1 heterocycles. The summed E-state index contributed by atoms with van der Waals surface area (Å²) >= 11 is 0. The van der Waals surface area contributed by atoms with Crippen LogP contribution in [0.25, 0.3) is 0 Å². The van der Waals surface area contributed by atoms with E-state index in [0.29, 0.717) is 12.5 Å². The highest BCUT2D eigenvalue weighted by atomic mass is 16.5. The smallest absolute Gasteiger partial charge is 0.325 e. The summed E-state index contributed by atoms with van der Waals surface area (Å²) < 4.78 is 9.95. The van der Waals surface area contributed by atoms with Crippen molar-refractivity contribution in [2.45, 2.75) is 6.92 Å². The lowest BCUT2D eigenvalue weighted by Gasteiger charge is -2.05. The first-order valence-corrected chi connectivity index (χ1v) is 4.40. The second-order valence-corrected chi connectivity index (χ2v) is 2.45. The van der Waals surface area contributed by atoms with Crippen LogP contribution in [0.2, 0.25) is 0 Å². The van der Waals surface area contributed by atoms with Crippen LogP contribution in [-0.2, 0) is 0 Å². The molecule has 1 aromatic rings. The zero-order valence-electron chi connectivity index (χ0n) is 8.65. The number of ether oxygens (including phenoxy) is 2.